The van der Waals surface area contributed by atoms with Gasteiger partial charge < -0.3 is 10.5 Å². The van der Waals surface area contributed by atoms with E-state index in [9.17, 15) is 0 Å². The van der Waals surface area contributed by atoms with Crippen molar-refractivity contribution in [2.45, 2.75) is 6.42 Å². The quantitative estimate of drug-likeness (QED) is 0.628. The zero-order chi connectivity index (χ0) is 11.1. The molecule has 0 bridgehead atoms. The molecule has 2 aromatic carbocycles. The van der Waals surface area contributed by atoms with Gasteiger partial charge in [0.2, 0.25) is 0 Å². The molecule has 0 atom stereocenters. The second kappa shape index (κ2) is 3.27. The molecule has 0 aromatic heterocycles. The van der Waals surface area contributed by atoms with Gasteiger partial charge in [-0.1, -0.05) is 24.3 Å². The predicted molar refractivity (Wildman–Crippen MR) is 65.6 cm³/mol. The van der Waals surface area contributed by atoms with E-state index in [1.807, 2.05) is 24.3 Å². The first-order valence-electron chi connectivity index (χ1n) is 5.35. The zero-order valence-corrected chi connectivity index (χ0v) is 9.16. The van der Waals surface area contributed by atoms with E-state index in [-0.39, 0.29) is 0 Å². The molecule has 0 heterocycles. The summed E-state index contributed by atoms with van der Waals surface area (Å²) in [5, 5.41) is 0. The molecule has 1 aliphatic carbocycles. The Morgan fingerprint density at radius 3 is 2.44 bits per heavy atom. The lowest BCUT2D eigenvalue weighted by Gasteiger charge is -2.05. The van der Waals surface area contributed by atoms with Crippen LogP contribution in [0.4, 0.5) is 5.69 Å². The lowest BCUT2D eigenvalue weighted by molar-refractivity contribution is 0.411. The van der Waals surface area contributed by atoms with Gasteiger partial charge in [0.25, 0.3) is 0 Å². The number of rotatable bonds is 1. The average molecular weight is 211 g/mol. The van der Waals surface area contributed by atoms with E-state index in [4.69, 9.17) is 10.5 Å². The number of ether oxygens (including phenoxy) is 1. The Hall–Kier alpha value is -1.96. The highest BCUT2D eigenvalue weighted by Crippen LogP contribution is 2.42. The summed E-state index contributed by atoms with van der Waals surface area (Å²) in [6.07, 6.45) is 0.876. The maximum atomic E-state index is 6.00. The molecule has 0 radical (unpaired) electrons. The summed E-state index contributed by atoms with van der Waals surface area (Å²) in [7, 11) is 1.71. The van der Waals surface area contributed by atoms with Crippen LogP contribution < -0.4 is 10.5 Å². The second-order valence-electron chi connectivity index (χ2n) is 4.04. The van der Waals surface area contributed by atoms with Crippen molar-refractivity contribution in [2.75, 3.05) is 12.8 Å². The summed E-state index contributed by atoms with van der Waals surface area (Å²) in [6, 6.07) is 12.2. The fourth-order valence-electron chi connectivity index (χ4n) is 2.42. The minimum absolute atomic E-state index is 0.871. The molecule has 2 nitrogen and oxygen atoms in total. The predicted octanol–water partition coefficient (Wildman–Crippen LogP) is 2.85. The molecule has 2 N–H and O–H groups in total. The Morgan fingerprint density at radius 2 is 1.69 bits per heavy atom. The van der Waals surface area contributed by atoms with E-state index in [1.165, 1.54) is 22.3 Å². The van der Waals surface area contributed by atoms with Crippen LogP contribution in [0.5, 0.6) is 5.75 Å². The van der Waals surface area contributed by atoms with Gasteiger partial charge in [0.1, 0.15) is 5.75 Å². The monoisotopic (exact) mass is 211 g/mol. The number of anilines is 1. The number of benzene rings is 2. The molecule has 0 unspecified atom stereocenters. The van der Waals surface area contributed by atoms with Crippen LogP contribution in [0.25, 0.3) is 11.1 Å². The Morgan fingerprint density at radius 1 is 1.00 bits per heavy atom. The van der Waals surface area contributed by atoms with E-state index in [0.29, 0.717) is 0 Å². The first-order chi connectivity index (χ1) is 7.81. The Labute approximate surface area is 94.7 Å². The number of nitrogen functional groups attached to an aromatic ring is 1. The molecule has 0 aliphatic heterocycles. The summed E-state index contributed by atoms with van der Waals surface area (Å²) < 4.78 is 5.39. The van der Waals surface area contributed by atoms with Gasteiger partial charge in [-0.05, 0) is 28.8 Å². The van der Waals surface area contributed by atoms with Crippen LogP contribution in [-0.4, -0.2) is 7.11 Å². The minimum atomic E-state index is 0.871. The highest BCUT2D eigenvalue weighted by Gasteiger charge is 2.22. The van der Waals surface area contributed by atoms with Gasteiger partial charge in [0, 0.05) is 17.7 Å². The number of hydrogen-bond donors (Lipinski definition) is 1. The molecule has 0 saturated heterocycles. The van der Waals surface area contributed by atoms with Gasteiger partial charge >= 0.3 is 0 Å². The van der Waals surface area contributed by atoms with Crippen molar-refractivity contribution in [1.29, 1.82) is 0 Å². The summed E-state index contributed by atoms with van der Waals surface area (Å²) in [5.74, 6) is 0.952. The number of fused-ring (bicyclic) bond motifs is 3. The van der Waals surface area contributed by atoms with Gasteiger partial charge in [-0.25, -0.2) is 0 Å². The van der Waals surface area contributed by atoms with E-state index in [0.717, 1.165) is 17.9 Å². The molecular formula is C14H13NO. The average Bonchev–Trinajstić information content (AvgIpc) is 2.69. The van der Waals surface area contributed by atoms with Crippen molar-refractivity contribution in [3.63, 3.8) is 0 Å². The number of methoxy groups -OCH3 is 1. The van der Waals surface area contributed by atoms with E-state index >= 15 is 0 Å². The Balaban J connectivity index is 2.27. The first kappa shape index (κ1) is 9.28. The smallest absolute Gasteiger partial charge is 0.123 e. The van der Waals surface area contributed by atoms with Crippen molar-refractivity contribution in [3.8, 4) is 16.9 Å². The fourth-order valence-corrected chi connectivity index (χ4v) is 2.42. The van der Waals surface area contributed by atoms with Crippen molar-refractivity contribution in [2.24, 2.45) is 0 Å². The minimum Gasteiger partial charge on any atom is -0.496 e. The first-order valence-corrected chi connectivity index (χ1v) is 5.35. The zero-order valence-electron chi connectivity index (χ0n) is 9.16. The highest BCUT2D eigenvalue weighted by molar-refractivity contribution is 5.83. The molecule has 0 spiro atoms. The standard InChI is InChI=1S/C14H13NO/c1-16-14-7-3-5-10-9-4-2-6-13(15)11(9)8-12(10)14/h2-7H,8,15H2,1H3. The molecule has 80 valence electrons. The summed E-state index contributed by atoms with van der Waals surface area (Å²) in [5.41, 5.74) is 11.8. The normalized spacial score (nSPS) is 12.1. The summed E-state index contributed by atoms with van der Waals surface area (Å²) in [4.78, 5) is 0. The number of hydrogen-bond acceptors (Lipinski definition) is 2. The van der Waals surface area contributed by atoms with Gasteiger partial charge in [-0.2, -0.15) is 0 Å². The van der Waals surface area contributed by atoms with Crippen molar-refractivity contribution in [3.05, 3.63) is 47.5 Å². The lowest BCUT2D eigenvalue weighted by atomic mass is 10.1. The van der Waals surface area contributed by atoms with Crippen molar-refractivity contribution in [1.82, 2.24) is 0 Å². The van der Waals surface area contributed by atoms with Crippen LogP contribution >= 0.6 is 0 Å². The SMILES string of the molecule is COc1cccc2c1Cc1c(N)cccc1-2. The van der Waals surface area contributed by atoms with Crippen LogP contribution in [0.1, 0.15) is 11.1 Å². The largest absolute Gasteiger partial charge is 0.496 e. The molecule has 3 rings (SSSR count). The topological polar surface area (TPSA) is 35.2 Å². The van der Waals surface area contributed by atoms with Crippen LogP contribution in [0.2, 0.25) is 0 Å². The van der Waals surface area contributed by atoms with Crippen molar-refractivity contribution < 1.29 is 4.74 Å². The molecule has 0 amide bonds. The van der Waals surface area contributed by atoms with Crippen LogP contribution in [-0.2, 0) is 6.42 Å². The van der Waals surface area contributed by atoms with Crippen LogP contribution in [0, 0.1) is 0 Å². The third-order valence-electron chi connectivity index (χ3n) is 3.21. The molecule has 0 fully saturated rings. The second-order valence-corrected chi connectivity index (χ2v) is 4.04. The van der Waals surface area contributed by atoms with Gasteiger partial charge in [0.15, 0.2) is 0 Å². The van der Waals surface area contributed by atoms with E-state index < -0.39 is 0 Å². The highest BCUT2D eigenvalue weighted by atomic mass is 16.5. The maximum Gasteiger partial charge on any atom is 0.123 e. The molecule has 0 saturated carbocycles. The Kier molecular flexibility index (Phi) is 1.90. The molecule has 16 heavy (non-hydrogen) atoms. The molecule has 1 aliphatic rings. The van der Waals surface area contributed by atoms with Crippen molar-refractivity contribution >= 4 is 5.69 Å². The third-order valence-corrected chi connectivity index (χ3v) is 3.21. The Bertz CT molecular complexity index is 561. The van der Waals surface area contributed by atoms with Gasteiger partial charge in [-0.3, -0.25) is 0 Å². The van der Waals surface area contributed by atoms with E-state index in [1.54, 1.807) is 7.11 Å². The van der Waals surface area contributed by atoms with Gasteiger partial charge in [0.05, 0.1) is 7.11 Å². The lowest BCUT2D eigenvalue weighted by Crippen LogP contribution is -1.92. The molecule has 2 heteroatoms. The van der Waals surface area contributed by atoms with Crippen LogP contribution in [0.3, 0.4) is 0 Å². The maximum absolute atomic E-state index is 6.00. The van der Waals surface area contributed by atoms with E-state index in [2.05, 4.69) is 12.1 Å². The summed E-state index contributed by atoms with van der Waals surface area (Å²) >= 11 is 0. The number of nitrogens with two attached hydrogens (primary N) is 1. The molecule has 2 aromatic rings. The summed E-state index contributed by atoms with van der Waals surface area (Å²) in [6.45, 7) is 0. The van der Waals surface area contributed by atoms with Gasteiger partial charge in [-0.15, -0.1) is 0 Å². The molecular weight excluding hydrogens is 198 g/mol. The van der Waals surface area contributed by atoms with Crippen LogP contribution in [0.15, 0.2) is 36.4 Å². The fraction of sp³-hybridized carbons (Fsp3) is 0.143. The third kappa shape index (κ3) is 1.13.